The number of ketones is 1. The van der Waals surface area contributed by atoms with Gasteiger partial charge in [0, 0.05) is 11.5 Å². The van der Waals surface area contributed by atoms with E-state index in [0.717, 1.165) is 14.9 Å². The van der Waals surface area contributed by atoms with Crippen molar-refractivity contribution in [3.05, 3.63) is 16.3 Å². The average Bonchev–Trinajstić information content (AvgIpc) is 2.95. The number of ether oxygens (including phenoxy) is 1. The molecule has 1 fully saturated rings. The van der Waals surface area contributed by atoms with Gasteiger partial charge in [-0.1, -0.05) is 23.1 Å². The molecule has 10 heteroatoms. The number of carbonyl (C=O) groups is 3. The summed E-state index contributed by atoms with van der Waals surface area (Å²) in [5.74, 6) is -0.687. The van der Waals surface area contributed by atoms with Crippen molar-refractivity contribution in [2.45, 2.75) is 43.0 Å². The first-order valence-electron chi connectivity index (χ1n) is 7.54. The summed E-state index contributed by atoms with van der Waals surface area (Å²) in [6.45, 7) is 7.17. The smallest absolute Gasteiger partial charge is 0.355 e. The van der Waals surface area contributed by atoms with E-state index in [1.807, 2.05) is 6.92 Å². The van der Waals surface area contributed by atoms with E-state index in [9.17, 15) is 14.4 Å². The van der Waals surface area contributed by atoms with Gasteiger partial charge in [0.15, 0.2) is 9.71 Å². The van der Waals surface area contributed by atoms with Crippen LogP contribution in [0.5, 0.6) is 0 Å². The summed E-state index contributed by atoms with van der Waals surface area (Å²) in [4.78, 5) is 37.6. The minimum atomic E-state index is -0.684. The molecule has 0 unspecified atom stereocenters. The summed E-state index contributed by atoms with van der Waals surface area (Å²) >= 11 is 4.29. The van der Waals surface area contributed by atoms with Gasteiger partial charge in [-0.25, -0.2) is 4.79 Å². The van der Waals surface area contributed by atoms with E-state index in [4.69, 9.17) is 4.74 Å². The molecule has 0 N–H and O–H groups in total. The zero-order valence-electron chi connectivity index (χ0n) is 14.2. The number of fused-ring (bicyclic) bond motifs is 1. The van der Waals surface area contributed by atoms with E-state index in [-0.39, 0.29) is 5.70 Å². The maximum absolute atomic E-state index is 12.7. The number of β-lactam (4-membered cyclic amide) rings is 1. The number of thioether (sulfide) groups is 2. The second-order valence-electron chi connectivity index (χ2n) is 6.53. The number of hydrogen-bond acceptors (Lipinski definition) is 9. The van der Waals surface area contributed by atoms with Crippen LogP contribution in [0.15, 0.2) is 15.6 Å². The van der Waals surface area contributed by atoms with E-state index in [2.05, 4.69) is 10.2 Å². The quantitative estimate of drug-likeness (QED) is 0.329. The highest BCUT2D eigenvalue weighted by atomic mass is 32.2. The summed E-state index contributed by atoms with van der Waals surface area (Å²) < 4.78 is 6.25. The molecule has 25 heavy (non-hydrogen) atoms. The van der Waals surface area contributed by atoms with E-state index in [1.54, 1.807) is 20.8 Å². The lowest BCUT2D eigenvalue weighted by atomic mass is 10.1. The van der Waals surface area contributed by atoms with Gasteiger partial charge in [-0.15, -0.1) is 22.0 Å². The van der Waals surface area contributed by atoms with Crippen LogP contribution in [0.2, 0.25) is 0 Å². The van der Waals surface area contributed by atoms with Gasteiger partial charge in [-0.2, -0.15) is 0 Å². The predicted octanol–water partition coefficient (Wildman–Crippen LogP) is 2.02. The van der Waals surface area contributed by atoms with Gasteiger partial charge in [0.1, 0.15) is 16.3 Å². The molecule has 0 bridgehead atoms. The largest absolute Gasteiger partial charge is 0.455 e. The Morgan fingerprint density at radius 1 is 1.36 bits per heavy atom. The monoisotopic (exact) mass is 399 g/mol. The fourth-order valence-corrected chi connectivity index (χ4v) is 5.49. The average molecular weight is 400 g/mol. The third kappa shape index (κ3) is 3.75. The number of carbonyl (C=O) groups excluding carboxylic acids is 3. The topological polar surface area (TPSA) is 89.5 Å². The normalized spacial score (nSPS) is 20.5. The van der Waals surface area contributed by atoms with E-state index in [1.165, 1.54) is 39.8 Å². The number of aryl methyl sites for hydroxylation is 1. The van der Waals surface area contributed by atoms with Crippen molar-refractivity contribution in [1.82, 2.24) is 15.1 Å². The Labute approximate surface area is 157 Å². The van der Waals surface area contributed by atoms with Gasteiger partial charge in [0.25, 0.3) is 11.7 Å². The van der Waals surface area contributed by atoms with Crippen molar-refractivity contribution < 1.29 is 19.1 Å². The van der Waals surface area contributed by atoms with Gasteiger partial charge >= 0.3 is 5.97 Å². The van der Waals surface area contributed by atoms with Crippen LogP contribution in [0.1, 0.15) is 25.8 Å². The molecule has 2 aliphatic heterocycles. The predicted molar refractivity (Wildman–Crippen MR) is 96.3 cm³/mol. The zero-order chi connectivity index (χ0) is 18.4. The Hall–Kier alpha value is -1.39. The molecule has 0 spiro atoms. The Kier molecular flexibility index (Phi) is 4.95. The van der Waals surface area contributed by atoms with Crippen molar-refractivity contribution in [3.63, 3.8) is 0 Å². The molecule has 0 aromatic carbocycles. The first kappa shape index (κ1) is 18.4. The highest BCUT2D eigenvalue weighted by molar-refractivity contribution is 8.02. The highest BCUT2D eigenvalue weighted by Crippen LogP contribution is 2.40. The van der Waals surface area contributed by atoms with Crippen LogP contribution in [-0.4, -0.2) is 55.2 Å². The van der Waals surface area contributed by atoms with E-state index >= 15 is 0 Å². The summed E-state index contributed by atoms with van der Waals surface area (Å²) in [5.41, 5.74) is 0.294. The van der Waals surface area contributed by atoms with Crippen molar-refractivity contribution in [2.75, 3.05) is 11.5 Å². The summed E-state index contributed by atoms with van der Waals surface area (Å²) in [7, 11) is 0. The van der Waals surface area contributed by atoms with Crippen LogP contribution >= 0.6 is 34.9 Å². The first-order chi connectivity index (χ1) is 11.7. The number of hydrogen-bond donors (Lipinski definition) is 0. The van der Waals surface area contributed by atoms with E-state index in [0.29, 0.717) is 11.5 Å². The van der Waals surface area contributed by atoms with Gasteiger partial charge in [-0.3, -0.25) is 14.5 Å². The zero-order valence-corrected chi connectivity index (χ0v) is 16.6. The molecule has 1 aromatic heterocycles. The number of nitrogens with zero attached hydrogens (tertiary/aromatic N) is 3. The number of esters is 1. The molecule has 0 aliphatic carbocycles. The number of Topliss-reactive ketones (excluding diaryl/α,β-unsaturated/α-hetero) is 1. The first-order valence-corrected chi connectivity index (χ1v) is 10.4. The molecule has 3 heterocycles. The number of amides is 1. The Morgan fingerprint density at radius 2 is 2.08 bits per heavy atom. The molecule has 0 radical (unpaired) electrons. The molecule has 1 saturated heterocycles. The van der Waals surface area contributed by atoms with Gasteiger partial charge in [-0.05, 0) is 33.3 Å². The molecular formula is C15H17N3O4S3. The van der Waals surface area contributed by atoms with Gasteiger partial charge in [0.05, 0.1) is 0 Å². The van der Waals surface area contributed by atoms with Crippen LogP contribution in [0.25, 0.3) is 0 Å². The molecule has 1 aromatic rings. The third-order valence-corrected chi connectivity index (χ3v) is 6.66. The van der Waals surface area contributed by atoms with Gasteiger partial charge in [0.2, 0.25) is 0 Å². The van der Waals surface area contributed by atoms with Crippen LogP contribution in [0, 0.1) is 6.92 Å². The fourth-order valence-electron chi connectivity index (χ4n) is 2.33. The standard InChI is InChI=1S/C15H17N3O4S3/c1-7-16-17-14(25-7)24-6-8-5-23-12-10(19)11(20)18(12)9(8)13(21)22-15(2,3)4/h12H,5-6H2,1-4H3/t12-/m0/s1. The molecule has 7 nitrogen and oxygen atoms in total. The Bertz CT molecular complexity index is 781. The van der Waals surface area contributed by atoms with Gasteiger partial charge < -0.3 is 4.74 Å². The molecule has 1 amide bonds. The summed E-state index contributed by atoms with van der Waals surface area (Å²) in [6, 6.07) is 0. The van der Waals surface area contributed by atoms with Crippen LogP contribution < -0.4 is 0 Å². The summed E-state index contributed by atoms with van der Waals surface area (Å²) in [5, 5.41) is 8.29. The second kappa shape index (κ2) is 6.73. The fraction of sp³-hybridized carbons (Fsp3) is 0.533. The van der Waals surface area contributed by atoms with Crippen LogP contribution in [-0.2, 0) is 19.1 Å². The van der Waals surface area contributed by atoms with Crippen molar-refractivity contribution in [2.24, 2.45) is 0 Å². The number of aromatic nitrogens is 2. The van der Waals surface area contributed by atoms with Crippen molar-refractivity contribution >= 4 is 52.5 Å². The summed E-state index contributed by atoms with van der Waals surface area (Å²) in [6.07, 6.45) is 0. The lowest BCUT2D eigenvalue weighted by Crippen LogP contribution is -2.62. The molecular weight excluding hydrogens is 382 g/mol. The highest BCUT2D eigenvalue weighted by Gasteiger charge is 2.53. The van der Waals surface area contributed by atoms with Crippen LogP contribution in [0.4, 0.5) is 0 Å². The maximum atomic E-state index is 12.7. The third-order valence-electron chi connectivity index (χ3n) is 3.35. The van der Waals surface area contributed by atoms with Crippen molar-refractivity contribution in [1.29, 1.82) is 0 Å². The Balaban J connectivity index is 1.87. The van der Waals surface area contributed by atoms with E-state index < -0.39 is 28.6 Å². The lowest BCUT2D eigenvalue weighted by molar-refractivity contribution is -0.161. The lowest BCUT2D eigenvalue weighted by Gasteiger charge is -2.43. The molecule has 134 valence electrons. The van der Waals surface area contributed by atoms with Crippen LogP contribution in [0.3, 0.4) is 0 Å². The Morgan fingerprint density at radius 3 is 2.68 bits per heavy atom. The van der Waals surface area contributed by atoms with Crippen molar-refractivity contribution in [3.8, 4) is 0 Å². The SMILES string of the molecule is Cc1nnc(SCC2=C(C(=O)OC(C)(C)C)N3C(=O)C(=O)[C@@H]3SC2)s1. The molecule has 2 aliphatic rings. The molecule has 0 saturated carbocycles. The second-order valence-corrected chi connectivity index (χ2v) is 10.0. The number of rotatable bonds is 4. The molecule has 1 atom stereocenters. The minimum absolute atomic E-state index is 0.206. The molecule has 3 rings (SSSR count). The maximum Gasteiger partial charge on any atom is 0.355 e. The minimum Gasteiger partial charge on any atom is -0.455 e.